The Morgan fingerprint density at radius 1 is 1.07 bits per heavy atom. The van der Waals surface area contributed by atoms with Crippen LogP contribution in [0.2, 0.25) is 0 Å². The van der Waals surface area contributed by atoms with E-state index in [1.807, 2.05) is 18.2 Å². The van der Waals surface area contributed by atoms with Crippen LogP contribution in [0.15, 0.2) is 42.5 Å². The van der Waals surface area contributed by atoms with E-state index >= 15 is 0 Å². The number of carbonyl (C=O) groups excluding carboxylic acids is 1. The van der Waals surface area contributed by atoms with Gasteiger partial charge in [0, 0.05) is 19.2 Å². The highest BCUT2D eigenvalue weighted by Crippen LogP contribution is 2.35. The van der Waals surface area contributed by atoms with Crippen molar-refractivity contribution in [1.82, 2.24) is 4.90 Å². The van der Waals surface area contributed by atoms with E-state index in [-0.39, 0.29) is 18.2 Å². The van der Waals surface area contributed by atoms with Crippen molar-refractivity contribution in [2.24, 2.45) is 0 Å². The molecule has 4 rings (SSSR count). The molecule has 2 aromatic rings. The Morgan fingerprint density at radius 3 is 2.55 bits per heavy atom. The number of amides is 1. The largest absolute Gasteiger partial charge is 0.486 e. The molecule has 0 radical (unpaired) electrons. The molecule has 8 heteroatoms. The normalized spacial score (nSPS) is 15.6. The summed E-state index contributed by atoms with van der Waals surface area (Å²) in [5, 5.41) is 0. The minimum absolute atomic E-state index is 0.0996. The van der Waals surface area contributed by atoms with Gasteiger partial charge in [-0.2, -0.15) is 0 Å². The number of rotatable bonds is 5. The van der Waals surface area contributed by atoms with Gasteiger partial charge in [-0.15, -0.1) is 0 Å². The predicted molar refractivity (Wildman–Crippen MR) is 110 cm³/mol. The van der Waals surface area contributed by atoms with Crippen molar-refractivity contribution < 1.29 is 22.7 Å². The van der Waals surface area contributed by atoms with Gasteiger partial charge >= 0.3 is 0 Å². The SMILES string of the molecule is CCS(=O)(=O)N(CC(=O)N1CCc2ccccc2C1)c1ccc2c(c1)OCCO2. The van der Waals surface area contributed by atoms with Crippen LogP contribution in [0.5, 0.6) is 11.5 Å². The van der Waals surface area contributed by atoms with Crippen molar-refractivity contribution in [3.05, 3.63) is 53.6 Å². The second-order valence-electron chi connectivity index (χ2n) is 7.07. The summed E-state index contributed by atoms with van der Waals surface area (Å²) in [7, 11) is -3.64. The number of nitrogens with zero attached hydrogens (tertiary/aromatic N) is 2. The van der Waals surface area contributed by atoms with Gasteiger partial charge in [0.25, 0.3) is 0 Å². The summed E-state index contributed by atoms with van der Waals surface area (Å²) in [6.07, 6.45) is 0.770. The molecule has 0 saturated heterocycles. The molecule has 0 bridgehead atoms. The molecule has 2 heterocycles. The predicted octanol–water partition coefficient (Wildman–Crippen LogP) is 2.20. The first-order chi connectivity index (χ1) is 14.0. The lowest BCUT2D eigenvalue weighted by Gasteiger charge is -2.32. The molecule has 29 heavy (non-hydrogen) atoms. The molecule has 0 unspecified atom stereocenters. The van der Waals surface area contributed by atoms with E-state index in [1.165, 1.54) is 9.87 Å². The lowest BCUT2D eigenvalue weighted by atomic mass is 10.00. The highest BCUT2D eigenvalue weighted by molar-refractivity contribution is 7.92. The number of benzene rings is 2. The molecule has 2 aliphatic heterocycles. The maximum absolute atomic E-state index is 13.0. The molecule has 1 amide bonds. The van der Waals surface area contributed by atoms with Crippen LogP contribution in [0.1, 0.15) is 18.1 Å². The molecule has 0 N–H and O–H groups in total. The topological polar surface area (TPSA) is 76.2 Å². The van der Waals surface area contributed by atoms with Gasteiger partial charge < -0.3 is 14.4 Å². The standard InChI is InChI=1S/C21H24N2O5S/c1-2-29(25,26)23(18-7-8-19-20(13-18)28-12-11-27-19)15-21(24)22-10-9-16-5-3-4-6-17(16)14-22/h3-8,13H,2,9-12,14-15H2,1H3. The molecule has 0 aromatic heterocycles. The fourth-order valence-corrected chi connectivity index (χ4v) is 4.68. The summed E-state index contributed by atoms with van der Waals surface area (Å²) >= 11 is 0. The van der Waals surface area contributed by atoms with Crippen LogP contribution in [0, 0.1) is 0 Å². The second kappa shape index (κ2) is 7.94. The van der Waals surface area contributed by atoms with E-state index in [9.17, 15) is 13.2 Å². The Balaban J connectivity index is 1.58. The maximum Gasteiger partial charge on any atom is 0.243 e. The number of hydrogen-bond acceptors (Lipinski definition) is 5. The fraction of sp³-hybridized carbons (Fsp3) is 0.381. The van der Waals surface area contributed by atoms with Crippen molar-refractivity contribution in [3.63, 3.8) is 0 Å². The maximum atomic E-state index is 13.0. The van der Waals surface area contributed by atoms with Crippen LogP contribution in [-0.2, 0) is 27.8 Å². The van der Waals surface area contributed by atoms with E-state index in [0.29, 0.717) is 43.5 Å². The Morgan fingerprint density at radius 2 is 1.79 bits per heavy atom. The highest BCUT2D eigenvalue weighted by Gasteiger charge is 2.28. The summed E-state index contributed by atoms with van der Waals surface area (Å²) in [5.41, 5.74) is 2.75. The van der Waals surface area contributed by atoms with E-state index in [1.54, 1.807) is 30.0 Å². The van der Waals surface area contributed by atoms with Crippen LogP contribution < -0.4 is 13.8 Å². The summed E-state index contributed by atoms with van der Waals surface area (Å²) in [6, 6.07) is 13.0. The van der Waals surface area contributed by atoms with E-state index in [0.717, 1.165) is 12.0 Å². The molecule has 7 nitrogen and oxygen atoms in total. The fourth-order valence-electron chi connectivity index (χ4n) is 3.62. The third-order valence-electron chi connectivity index (χ3n) is 5.28. The monoisotopic (exact) mass is 416 g/mol. The van der Waals surface area contributed by atoms with Crippen molar-refractivity contribution in [2.45, 2.75) is 19.9 Å². The van der Waals surface area contributed by atoms with Gasteiger partial charge in [0.15, 0.2) is 11.5 Å². The molecule has 2 aliphatic rings. The van der Waals surface area contributed by atoms with Crippen molar-refractivity contribution >= 4 is 21.6 Å². The van der Waals surface area contributed by atoms with Gasteiger partial charge in [-0.1, -0.05) is 24.3 Å². The average molecular weight is 416 g/mol. The molecule has 0 atom stereocenters. The van der Waals surface area contributed by atoms with Gasteiger partial charge in [-0.05, 0) is 36.6 Å². The van der Waals surface area contributed by atoms with E-state index < -0.39 is 10.0 Å². The van der Waals surface area contributed by atoms with Crippen LogP contribution in [0.4, 0.5) is 5.69 Å². The Bertz CT molecular complexity index is 1020. The molecule has 2 aromatic carbocycles. The van der Waals surface area contributed by atoms with Crippen molar-refractivity contribution in [2.75, 3.05) is 36.4 Å². The quantitative estimate of drug-likeness (QED) is 0.747. The second-order valence-corrected chi connectivity index (χ2v) is 9.25. The van der Waals surface area contributed by atoms with E-state index in [2.05, 4.69) is 6.07 Å². The minimum atomic E-state index is -3.64. The molecule has 0 saturated carbocycles. The van der Waals surface area contributed by atoms with Gasteiger partial charge in [-0.25, -0.2) is 8.42 Å². The first-order valence-electron chi connectivity index (χ1n) is 9.72. The molecule has 0 spiro atoms. The third-order valence-corrected chi connectivity index (χ3v) is 7.02. The zero-order valence-corrected chi connectivity index (χ0v) is 17.2. The average Bonchev–Trinajstić information content (AvgIpc) is 2.76. The van der Waals surface area contributed by atoms with Crippen LogP contribution in [-0.4, -0.2) is 51.3 Å². The van der Waals surface area contributed by atoms with Gasteiger partial charge in [0.1, 0.15) is 19.8 Å². The van der Waals surface area contributed by atoms with Gasteiger partial charge in [0.05, 0.1) is 11.4 Å². The van der Waals surface area contributed by atoms with Gasteiger partial charge in [-0.3, -0.25) is 9.10 Å². The van der Waals surface area contributed by atoms with Crippen molar-refractivity contribution in [3.8, 4) is 11.5 Å². The smallest absolute Gasteiger partial charge is 0.243 e. The van der Waals surface area contributed by atoms with E-state index in [4.69, 9.17) is 9.47 Å². The number of hydrogen-bond donors (Lipinski definition) is 0. The van der Waals surface area contributed by atoms with Gasteiger partial charge in [0.2, 0.25) is 15.9 Å². The molecular formula is C21H24N2O5S. The number of ether oxygens (including phenoxy) is 2. The molecule has 0 aliphatic carbocycles. The summed E-state index contributed by atoms with van der Waals surface area (Å²) in [5.74, 6) is 0.751. The number of fused-ring (bicyclic) bond motifs is 2. The summed E-state index contributed by atoms with van der Waals surface area (Å²) in [6.45, 7) is 3.27. The molecule has 0 fully saturated rings. The Hall–Kier alpha value is -2.74. The molecular weight excluding hydrogens is 392 g/mol. The number of anilines is 1. The van der Waals surface area contributed by atoms with Crippen molar-refractivity contribution in [1.29, 1.82) is 0 Å². The van der Waals surface area contributed by atoms with Crippen LogP contribution in [0.3, 0.4) is 0 Å². The van der Waals surface area contributed by atoms with Crippen LogP contribution >= 0.6 is 0 Å². The Kier molecular flexibility index (Phi) is 5.36. The summed E-state index contributed by atoms with van der Waals surface area (Å²) in [4.78, 5) is 14.7. The number of sulfonamides is 1. The minimum Gasteiger partial charge on any atom is -0.486 e. The lowest BCUT2D eigenvalue weighted by Crippen LogP contribution is -2.45. The molecule has 154 valence electrons. The third kappa shape index (κ3) is 4.03. The lowest BCUT2D eigenvalue weighted by molar-refractivity contribution is -0.130. The first kappa shape index (κ1) is 19.6. The van der Waals surface area contributed by atoms with Crippen LogP contribution in [0.25, 0.3) is 0 Å². The zero-order chi connectivity index (χ0) is 20.4. The zero-order valence-electron chi connectivity index (χ0n) is 16.3. The number of carbonyl (C=O) groups is 1. The highest BCUT2D eigenvalue weighted by atomic mass is 32.2. The first-order valence-corrected chi connectivity index (χ1v) is 11.3. The summed E-state index contributed by atoms with van der Waals surface area (Å²) < 4.78 is 37.8. The Labute approximate surface area is 170 Å².